The van der Waals surface area contributed by atoms with Gasteiger partial charge in [0.15, 0.2) is 0 Å². The van der Waals surface area contributed by atoms with Crippen LogP contribution in [0.5, 0.6) is 5.75 Å². The van der Waals surface area contributed by atoms with Gasteiger partial charge in [-0.15, -0.1) is 0 Å². The molecule has 29 heavy (non-hydrogen) atoms. The van der Waals surface area contributed by atoms with E-state index < -0.39 is 17.7 Å². The van der Waals surface area contributed by atoms with Crippen LogP contribution in [0.3, 0.4) is 0 Å². The Hall–Kier alpha value is -2.63. The predicted octanol–water partition coefficient (Wildman–Crippen LogP) is 6.54. The Balaban J connectivity index is 2.18. The van der Waals surface area contributed by atoms with E-state index in [1.165, 1.54) is 6.07 Å². The molecule has 2 aromatic carbocycles. The molecule has 0 spiro atoms. The molecule has 2 amide bonds. The SMILES string of the molecule is CCCCCCCN(C(=O)Nc1ccc(F)cc1F)C(C)c1ccc(O)c(C)c1. The Labute approximate surface area is 171 Å². The summed E-state index contributed by atoms with van der Waals surface area (Å²) >= 11 is 0. The van der Waals surface area contributed by atoms with E-state index in [9.17, 15) is 18.7 Å². The van der Waals surface area contributed by atoms with E-state index in [1.807, 2.05) is 13.0 Å². The van der Waals surface area contributed by atoms with Crippen molar-refractivity contribution in [2.24, 2.45) is 0 Å². The van der Waals surface area contributed by atoms with E-state index in [2.05, 4.69) is 12.2 Å². The van der Waals surface area contributed by atoms with Crippen molar-refractivity contribution in [1.82, 2.24) is 4.90 Å². The highest BCUT2D eigenvalue weighted by molar-refractivity contribution is 5.89. The van der Waals surface area contributed by atoms with Gasteiger partial charge in [0.05, 0.1) is 11.7 Å². The Morgan fingerprint density at radius 1 is 1.10 bits per heavy atom. The summed E-state index contributed by atoms with van der Waals surface area (Å²) in [5.41, 5.74) is 1.55. The average molecular weight is 405 g/mol. The van der Waals surface area contributed by atoms with E-state index in [4.69, 9.17) is 0 Å². The van der Waals surface area contributed by atoms with Crippen molar-refractivity contribution in [3.63, 3.8) is 0 Å². The second kappa shape index (κ2) is 10.8. The minimum absolute atomic E-state index is 0.0542. The molecule has 1 unspecified atom stereocenters. The van der Waals surface area contributed by atoms with Crippen molar-refractivity contribution < 1.29 is 18.7 Å². The number of benzene rings is 2. The average Bonchev–Trinajstić information content (AvgIpc) is 2.68. The van der Waals surface area contributed by atoms with Crippen molar-refractivity contribution in [1.29, 1.82) is 0 Å². The molecule has 0 heterocycles. The van der Waals surface area contributed by atoms with Crippen molar-refractivity contribution in [2.45, 2.75) is 58.9 Å². The summed E-state index contributed by atoms with van der Waals surface area (Å²) in [5, 5.41) is 12.3. The summed E-state index contributed by atoms with van der Waals surface area (Å²) in [6, 6.07) is 7.60. The maximum Gasteiger partial charge on any atom is 0.322 e. The molecule has 0 saturated carbocycles. The number of hydrogen-bond acceptors (Lipinski definition) is 2. The zero-order chi connectivity index (χ0) is 21.4. The molecule has 0 radical (unpaired) electrons. The third kappa shape index (κ3) is 6.44. The van der Waals surface area contributed by atoms with E-state index >= 15 is 0 Å². The number of hydrogen-bond donors (Lipinski definition) is 2. The lowest BCUT2D eigenvalue weighted by atomic mass is 10.0. The number of phenolic OH excluding ortho intramolecular Hbond substituents is 1. The number of nitrogens with zero attached hydrogens (tertiary/aromatic N) is 1. The van der Waals surface area contributed by atoms with Crippen LogP contribution in [0.4, 0.5) is 19.3 Å². The highest BCUT2D eigenvalue weighted by Crippen LogP contribution is 2.27. The third-order valence-electron chi connectivity index (χ3n) is 5.11. The molecular formula is C23H30F2N2O2. The monoisotopic (exact) mass is 404 g/mol. The number of halogens is 2. The highest BCUT2D eigenvalue weighted by Gasteiger charge is 2.22. The van der Waals surface area contributed by atoms with Gasteiger partial charge in [-0.2, -0.15) is 0 Å². The van der Waals surface area contributed by atoms with Crippen LogP contribution < -0.4 is 5.32 Å². The topological polar surface area (TPSA) is 52.6 Å². The molecule has 2 aromatic rings. The first kappa shape index (κ1) is 22.7. The van der Waals surface area contributed by atoms with Gasteiger partial charge in [0.2, 0.25) is 0 Å². The summed E-state index contributed by atoms with van der Waals surface area (Å²) in [6.45, 7) is 6.36. The molecule has 0 bridgehead atoms. The first-order chi connectivity index (χ1) is 13.8. The lowest BCUT2D eigenvalue weighted by molar-refractivity contribution is 0.191. The highest BCUT2D eigenvalue weighted by atomic mass is 19.1. The zero-order valence-electron chi connectivity index (χ0n) is 17.3. The molecule has 6 heteroatoms. The number of carbonyl (C=O) groups is 1. The van der Waals surface area contributed by atoms with Gasteiger partial charge in [-0.1, -0.05) is 44.7 Å². The van der Waals surface area contributed by atoms with Crippen LogP contribution in [0, 0.1) is 18.6 Å². The van der Waals surface area contributed by atoms with Gasteiger partial charge >= 0.3 is 6.03 Å². The van der Waals surface area contributed by atoms with Crippen molar-refractivity contribution in [3.05, 3.63) is 59.2 Å². The predicted molar refractivity (Wildman–Crippen MR) is 112 cm³/mol. The molecule has 2 rings (SSSR count). The van der Waals surface area contributed by atoms with Gasteiger partial charge in [0.25, 0.3) is 0 Å². The van der Waals surface area contributed by atoms with Crippen LogP contribution >= 0.6 is 0 Å². The van der Waals surface area contributed by atoms with E-state index in [0.717, 1.165) is 55.4 Å². The van der Waals surface area contributed by atoms with Gasteiger partial charge < -0.3 is 15.3 Å². The molecule has 0 aliphatic heterocycles. The van der Waals surface area contributed by atoms with Crippen molar-refractivity contribution >= 4 is 11.7 Å². The number of urea groups is 1. The first-order valence-electron chi connectivity index (χ1n) is 10.2. The number of amides is 2. The van der Waals surface area contributed by atoms with Gasteiger partial charge in [-0.3, -0.25) is 0 Å². The smallest absolute Gasteiger partial charge is 0.322 e. The van der Waals surface area contributed by atoms with E-state index in [-0.39, 0.29) is 17.5 Å². The number of aromatic hydroxyl groups is 1. The van der Waals surface area contributed by atoms with Gasteiger partial charge in [-0.05, 0) is 49.6 Å². The number of carbonyl (C=O) groups excluding carboxylic acids is 1. The largest absolute Gasteiger partial charge is 0.508 e. The molecule has 4 nitrogen and oxygen atoms in total. The van der Waals surface area contributed by atoms with Gasteiger partial charge in [0.1, 0.15) is 17.4 Å². The van der Waals surface area contributed by atoms with Gasteiger partial charge in [0, 0.05) is 12.6 Å². The normalized spacial score (nSPS) is 11.9. The van der Waals surface area contributed by atoms with Crippen molar-refractivity contribution in [3.8, 4) is 5.75 Å². The van der Waals surface area contributed by atoms with Crippen LogP contribution in [0.1, 0.15) is 63.1 Å². The minimum Gasteiger partial charge on any atom is -0.508 e. The molecule has 0 aliphatic carbocycles. The Kier molecular flexibility index (Phi) is 8.43. The second-order valence-electron chi connectivity index (χ2n) is 7.38. The summed E-state index contributed by atoms with van der Waals surface area (Å²) in [5.74, 6) is -1.31. The standard InChI is InChI=1S/C23H30F2N2O2/c1-4-5-6-7-8-13-27(17(3)18-9-12-22(28)16(2)14-18)23(29)26-21-11-10-19(24)15-20(21)25/h9-12,14-15,17,28H,4-8,13H2,1-3H3,(H,26,29). The van der Waals surface area contributed by atoms with E-state index in [0.29, 0.717) is 6.54 Å². The first-order valence-corrected chi connectivity index (χ1v) is 10.2. The van der Waals surface area contributed by atoms with Crippen LogP contribution in [0.25, 0.3) is 0 Å². The number of rotatable bonds is 9. The summed E-state index contributed by atoms with van der Waals surface area (Å²) in [7, 11) is 0. The van der Waals surface area contributed by atoms with Crippen LogP contribution in [-0.4, -0.2) is 22.6 Å². The van der Waals surface area contributed by atoms with Crippen LogP contribution in [-0.2, 0) is 0 Å². The molecule has 0 saturated heterocycles. The number of phenols is 1. The minimum atomic E-state index is -0.811. The maximum absolute atomic E-state index is 14.0. The molecule has 0 aromatic heterocycles. The lowest BCUT2D eigenvalue weighted by Crippen LogP contribution is -2.38. The van der Waals surface area contributed by atoms with E-state index in [1.54, 1.807) is 24.0 Å². The van der Waals surface area contributed by atoms with Crippen LogP contribution in [0.15, 0.2) is 36.4 Å². The summed E-state index contributed by atoms with van der Waals surface area (Å²) in [4.78, 5) is 14.6. The van der Waals surface area contributed by atoms with Gasteiger partial charge in [-0.25, -0.2) is 13.6 Å². The Morgan fingerprint density at radius 2 is 1.83 bits per heavy atom. The molecule has 1 atom stereocenters. The molecule has 2 N–H and O–H groups in total. The number of aryl methyl sites for hydroxylation is 1. The fraction of sp³-hybridized carbons (Fsp3) is 0.435. The fourth-order valence-corrected chi connectivity index (χ4v) is 3.25. The number of nitrogens with one attached hydrogen (secondary N) is 1. The fourth-order valence-electron chi connectivity index (χ4n) is 3.25. The third-order valence-corrected chi connectivity index (χ3v) is 5.11. The number of anilines is 1. The molecule has 0 aliphatic rings. The quantitative estimate of drug-likeness (QED) is 0.466. The van der Waals surface area contributed by atoms with Crippen molar-refractivity contribution in [2.75, 3.05) is 11.9 Å². The lowest BCUT2D eigenvalue weighted by Gasteiger charge is -2.30. The van der Waals surface area contributed by atoms with Crippen LogP contribution in [0.2, 0.25) is 0 Å². The second-order valence-corrected chi connectivity index (χ2v) is 7.38. The molecule has 158 valence electrons. The molecule has 0 fully saturated rings. The maximum atomic E-state index is 14.0. The molecular weight excluding hydrogens is 374 g/mol. The Bertz CT molecular complexity index is 827. The Morgan fingerprint density at radius 3 is 2.48 bits per heavy atom. The summed E-state index contributed by atoms with van der Waals surface area (Å²) < 4.78 is 27.1. The number of unbranched alkanes of at least 4 members (excludes halogenated alkanes) is 4. The zero-order valence-corrected chi connectivity index (χ0v) is 17.3. The summed E-state index contributed by atoms with van der Waals surface area (Å²) in [6.07, 6.45) is 5.23.